The van der Waals surface area contributed by atoms with Crippen molar-refractivity contribution in [1.82, 2.24) is 4.90 Å². The van der Waals surface area contributed by atoms with Crippen LogP contribution in [0.5, 0.6) is 5.75 Å². The Morgan fingerprint density at radius 2 is 1.61 bits per heavy atom. The van der Waals surface area contributed by atoms with Gasteiger partial charge in [-0.25, -0.2) is 8.78 Å². The van der Waals surface area contributed by atoms with Crippen molar-refractivity contribution in [3.63, 3.8) is 0 Å². The molecule has 1 aliphatic heterocycles. The van der Waals surface area contributed by atoms with E-state index in [1.807, 2.05) is 18.2 Å². The summed E-state index contributed by atoms with van der Waals surface area (Å²) in [6.07, 6.45) is 0. The van der Waals surface area contributed by atoms with E-state index in [2.05, 4.69) is 15.9 Å². The molecule has 23 heavy (non-hydrogen) atoms. The SMILES string of the molecule is COc1cccc(N2CCN(Cc3c(F)cccc3F)CC2)c1. The first-order valence-electron chi connectivity index (χ1n) is 7.71. The smallest absolute Gasteiger partial charge is 0.130 e. The topological polar surface area (TPSA) is 15.7 Å². The van der Waals surface area contributed by atoms with Gasteiger partial charge in [0.25, 0.3) is 0 Å². The normalized spacial score (nSPS) is 15.7. The molecule has 0 aromatic heterocycles. The first kappa shape index (κ1) is 15.7. The average Bonchev–Trinajstić information content (AvgIpc) is 2.59. The third-order valence-electron chi connectivity index (χ3n) is 4.23. The Kier molecular flexibility index (Phi) is 4.76. The predicted molar refractivity (Wildman–Crippen MR) is 86.8 cm³/mol. The van der Waals surface area contributed by atoms with Crippen LogP contribution in [0, 0.1) is 11.6 Å². The molecule has 0 saturated carbocycles. The lowest BCUT2D eigenvalue weighted by atomic mass is 10.1. The van der Waals surface area contributed by atoms with E-state index in [0.29, 0.717) is 6.54 Å². The van der Waals surface area contributed by atoms with Crippen LogP contribution in [0.25, 0.3) is 0 Å². The van der Waals surface area contributed by atoms with Crippen LogP contribution in [0.15, 0.2) is 42.5 Å². The van der Waals surface area contributed by atoms with Gasteiger partial charge in [0.1, 0.15) is 17.4 Å². The summed E-state index contributed by atoms with van der Waals surface area (Å²) in [7, 11) is 1.65. The van der Waals surface area contributed by atoms with Crippen molar-refractivity contribution in [3.8, 4) is 5.75 Å². The summed E-state index contributed by atoms with van der Waals surface area (Å²) in [4.78, 5) is 4.34. The van der Waals surface area contributed by atoms with Crippen molar-refractivity contribution in [2.24, 2.45) is 0 Å². The molecular formula is C18H20F2N2O. The maximum absolute atomic E-state index is 13.7. The average molecular weight is 318 g/mol. The molecule has 3 nitrogen and oxygen atoms in total. The molecule has 1 aliphatic rings. The van der Waals surface area contributed by atoms with Crippen LogP contribution in [0.4, 0.5) is 14.5 Å². The third kappa shape index (κ3) is 3.62. The number of hydrogen-bond acceptors (Lipinski definition) is 3. The molecule has 3 rings (SSSR count). The summed E-state index contributed by atoms with van der Waals surface area (Å²) >= 11 is 0. The number of halogens is 2. The Labute approximate surface area is 135 Å². The summed E-state index contributed by atoms with van der Waals surface area (Å²) in [6.45, 7) is 3.49. The zero-order valence-corrected chi connectivity index (χ0v) is 13.1. The summed E-state index contributed by atoms with van der Waals surface area (Å²) in [5, 5.41) is 0. The Morgan fingerprint density at radius 3 is 2.26 bits per heavy atom. The van der Waals surface area contributed by atoms with Crippen LogP contribution < -0.4 is 9.64 Å². The minimum Gasteiger partial charge on any atom is -0.497 e. The van der Waals surface area contributed by atoms with E-state index < -0.39 is 11.6 Å². The largest absolute Gasteiger partial charge is 0.497 e. The third-order valence-corrected chi connectivity index (χ3v) is 4.23. The second-order valence-corrected chi connectivity index (χ2v) is 5.66. The van der Waals surface area contributed by atoms with Crippen molar-refractivity contribution >= 4 is 5.69 Å². The fourth-order valence-electron chi connectivity index (χ4n) is 2.88. The highest BCUT2D eigenvalue weighted by atomic mass is 19.1. The second-order valence-electron chi connectivity index (χ2n) is 5.66. The first-order valence-corrected chi connectivity index (χ1v) is 7.71. The number of anilines is 1. The number of benzene rings is 2. The van der Waals surface area contributed by atoms with Gasteiger partial charge in [-0.2, -0.15) is 0 Å². The van der Waals surface area contributed by atoms with Gasteiger partial charge < -0.3 is 9.64 Å². The van der Waals surface area contributed by atoms with Crippen molar-refractivity contribution in [2.75, 3.05) is 38.2 Å². The minimum absolute atomic E-state index is 0.155. The van der Waals surface area contributed by atoms with Crippen molar-refractivity contribution in [1.29, 1.82) is 0 Å². The molecule has 0 aliphatic carbocycles. The molecule has 5 heteroatoms. The molecule has 2 aromatic rings. The van der Waals surface area contributed by atoms with Crippen molar-refractivity contribution < 1.29 is 13.5 Å². The number of methoxy groups -OCH3 is 1. The Morgan fingerprint density at radius 1 is 0.957 bits per heavy atom. The van der Waals surface area contributed by atoms with Crippen LogP contribution in [-0.4, -0.2) is 38.2 Å². The predicted octanol–water partition coefficient (Wildman–Crippen LogP) is 3.30. The first-order chi connectivity index (χ1) is 11.2. The van der Waals surface area contributed by atoms with Gasteiger partial charge in [-0.05, 0) is 24.3 Å². The molecule has 0 atom stereocenters. The molecule has 0 unspecified atom stereocenters. The highest BCUT2D eigenvalue weighted by Crippen LogP contribution is 2.23. The molecule has 0 spiro atoms. The molecule has 2 aromatic carbocycles. The van der Waals surface area contributed by atoms with E-state index in [9.17, 15) is 8.78 Å². The fourth-order valence-corrected chi connectivity index (χ4v) is 2.88. The number of ether oxygens (including phenoxy) is 1. The zero-order valence-electron chi connectivity index (χ0n) is 13.1. The zero-order chi connectivity index (χ0) is 16.2. The van der Waals surface area contributed by atoms with Crippen LogP contribution in [-0.2, 0) is 6.54 Å². The van der Waals surface area contributed by atoms with Gasteiger partial charge in [0.2, 0.25) is 0 Å². The molecule has 0 radical (unpaired) electrons. The maximum atomic E-state index is 13.7. The Balaban J connectivity index is 1.62. The van der Waals surface area contributed by atoms with Crippen LogP contribution in [0.3, 0.4) is 0 Å². The summed E-state index contributed by atoms with van der Waals surface area (Å²) in [5.74, 6) is -0.112. The lowest BCUT2D eigenvalue weighted by Gasteiger charge is -2.36. The molecule has 0 N–H and O–H groups in total. The molecular weight excluding hydrogens is 298 g/mol. The van der Waals surface area contributed by atoms with E-state index in [4.69, 9.17) is 4.74 Å². The number of hydrogen-bond donors (Lipinski definition) is 0. The highest BCUT2D eigenvalue weighted by molar-refractivity contribution is 5.51. The molecule has 1 fully saturated rings. The minimum atomic E-state index is -0.472. The number of rotatable bonds is 4. The molecule has 1 saturated heterocycles. The van der Waals surface area contributed by atoms with E-state index in [-0.39, 0.29) is 5.56 Å². The van der Waals surface area contributed by atoms with E-state index >= 15 is 0 Å². The number of piperazine rings is 1. The van der Waals surface area contributed by atoms with E-state index in [0.717, 1.165) is 37.6 Å². The molecule has 0 amide bonds. The lowest BCUT2D eigenvalue weighted by molar-refractivity contribution is 0.243. The van der Waals surface area contributed by atoms with Crippen LogP contribution in [0.2, 0.25) is 0 Å². The summed E-state index contributed by atoms with van der Waals surface area (Å²) in [6, 6.07) is 12.0. The maximum Gasteiger partial charge on any atom is 0.130 e. The van der Waals surface area contributed by atoms with E-state index in [1.165, 1.54) is 18.2 Å². The monoisotopic (exact) mass is 318 g/mol. The quantitative estimate of drug-likeness (QED) is 0.860. The fraction of sp³-hybridized carbons (Fsp3) is 0.333. The second kappa shape index (κ2) is 6.96. The molecule has 1 heterocycles. The molecule has 0 bridgehead atoms. The van der Waals surface area contributed by atoms with Gasteiger partial charge in [0.15, 0.2) is 0 Å². The van der Waals surface area contributed by atoms with E-state index in [1.54, 1.807) is 7.11 Å². The molecule has 122 valence electrons. The number of nitrogens with zero attached hydrogens (tertiary/aromatic N) is 2. The van der Waals surface area contributed by atoms with Gasteiger partial charge in [-0.1, -0.05) is 12.1 Å². The Hall–Kier alpha value is -2.14. The van der Waals surface area contributed by atoms with Gasteiger partial charge in [-0.15, -0.1) is 0 Å². The van der Waals surface area contributed by atoms with Crippen LogP contribution in [0.1, 0.15) is 5.56 Å². The van der Waals surface area contributed by atoms with Gasteiger partial charge in [0.05, 0.1) is 7.11 Å². The van der Waals surface area contributed by atoms with Gasteiger partial charge in [0, 0.05) is 50.0 Å². The summed E-state index contributed by atoms with van der Waals surface area (Å²) < 4.78 is 32.7. The Bertz CT molecular complexity index is 650. The highest BCUT2D eigenvalue weighted by Gasteiger charge is 2.20. The van der Waals surface area contributed by atoms with Crippen molar-refractivity contribution in [3.05, 3.63) is 59.7 Å². The van der Waals surface area contributed by atoms with Gasteiger partial charge in [-0.3, -0.25) is 4.90 Å². The van der Waals surface area contributed by atoms with Crippen molar-refractivity contribution in [2.45, 2.75) is 6.54 Å². The standard InChI is InChI=1S/C18H20F2N2O/c1-23-15-5-2-4-14(12-15)22-10-8-21(9-11-22)13-16-17(19)6-3-7-18(16)20/h2-7,12H,8-11,13H2,1H3. The summed E-state index contributed by atoms with van der Waals surface area (Å²) in [5.41, 5.74) is 1.27. The lowest BCUT2D eigenvalue weighted by Crippen LogP contribution is -2.46. The van der Waals surface area contributed by atoms with Gasteiger partial charge >= 0.3 is 0 Å². The van der Waals surface area contributed by atoms with Crippen LogP contribution >= 0.6 is 0 Å².